The highest BCUT2D eigenvalue weighted by Crippen LogP contribution is 2.30. The van der Waals surface area contributed by atoms with Crippen LogP contribution in [0.3, 0.4) is 0 Å². The maximum Gasteiger partial charge on any atom is 0.410 e. The van der Waals surface area contributed by atoms with E-state index in [-0.39, 0.29) is 12.2 Å². The third-order valence-corrected chi connectivity index (χ3v) is 3.61. The number of nitrogens with zero attached hydrogens (tertiary/aromatic N) is 1. The van der Waals surface area contributed by atoms with Crippen molar-refractivity contribution in [3.63, 3.8) is 0 Å². The van der Waals surface area contributed by atoms with Gasteiger partial charge >= 0.3 is 6.09 Å². The predicted octanol–water partition coefficient (Wildman–Crippen LogP) is 4.08. The lowest BCUT2D eigenvalue weighted by atomic mass is 9.99. The van der Waals surface area contributed by atoms with Gasteiger partial charge in [-0.1, -0.05) is 12.1 Å². The third-order valence-electron chi connectivity index (χ3n) is 3.61. The van der Waals surface area contributed by atoms with Gasteiger partial charge in [0.2, 0.25) is 0 Å². The molecule has 0 bridgehead atoms. The lowest BCUT2D eigenvalue weighted by molar-refractivity contribution is 0.0270. The molecule has 0 fully saturated rings. The molecule has 5 nitrogen and oxygen atoms in total. The molecule has 2 rings (SSSR count). The molecule has 0 aromatic heterocycles. The average molecular weight is 332 g/mol. The maximum absolute atomic E-state index is 12.1. The lowest BCUT2D eigenvalue weighted by Gasteiger charge is -2.29. The second-order valence-corrected chi connectivity index (χ2v) is 7.32. The van der Waals surface area contributed by atoms with Crippen molar-refractivity contribution >= 4 is 17.4 Å². The number of benzene rings is 1. The molecule has 1 aliphatic heterocycles. The van der Waals surface area contributed by atoms with Gasteiger partial charge in [0.15, 0.2) is 0 Å². The van der Waals surface area contributed by atoms with Crippen molar-refractivity contribution in [3.05, 3.63) is 29.8 Å². The fourth-order valence-corrected chi connectivity index (χ4v) is 2.51. The fourth-order valence-electron chi connectivity index (χ4n) is 2.51. The van der Waals surface area contributed by atoms with E-state index in [1.54, 1.807) is 4.90 Å². The predicted molar refractivity (Wildman–Crippen MR) is 97.0 cm³/mol. The van der Waals surface area contributed by atoms with Crippen LogP contribution < -0.4 is 10.5 Å². The normalized spacial score (nSPS) is 15.2. The van der Waals surface area contributed by atoms with Crippen molar-refractivity contribution in [2.24, 2.45) is 0 Å². The maximum atomic E-state index is 12.1. The number of nitrogens with two attached hydrogens (primary N) is 1. The van der Waals surface area contributed by atoms with Crippen LogP contribution in [0.4, 0.5) is 10.5 Å². The summed E-state index contributed by atoms with van der Waals surface area (Å²) in [7, 11) is 0. The summed E-state index contributed by atoms with van der Waals surface area (Å²) in [6.45, 7) is 10.8. The van der Waals surface area contributed by atoms with Gasteiger partial charge in [-0.15, -0.1) is 0 Å². The van der Waals surface area contributed by atoms with E-state index in [0.29, 0.717) is 24.5 Å². The number of anilines is 1. The number of rotatable bonds is 3. The van der Waals surface area contributed by atoms with Crippen molar-refractivity contribution in [3.8, 4) is 5.75 Å². The van der Waals surface area contributed by atoms with E-state index in [2.05, 4.69) is 6.08 Å². The van der Waals surface area contributed by atoms with Crippen LogP contribution in [0.15, 0.2) is 24.3 Å². The van der Waals surface area contributed by atoms with Crippen LogP contribution in [0, 0.1) is 0 Å². The smallest absolute Gasteiger partial charge is 0.410 e. The Balaban J connectivity index is 2.08. The van der Waals surface area contributed by atoms with Gasteiger partial charge in [-0.2, -0.15) is 0 Å². The third kappa shape index (κ3) is 4.91. The van der Waals surface area contributed by atoms with Gasteiger partial charge in [0.05, 0.1) is 11.8 Å². The monoisotopic (exact) mass is 332 g/mol. The van der Waals surface area contributed by atoms with Gasteiger partial charge in [0, 0.05) is 13.1 Å². The van der Waals surface area contributed by atoms with Crippen molar-refractivity contribution in [2.45, 2.75) is 52.7 Å². The van der Waals surface area contributed by atoms with Crippen molar-refractivity contribution in [1.82, 2.24) is 4.90 Å². The van der Waals surface area contributed by atoms with Gasteiger partial charge in [-0.05, 0) is 64.3 Å². The molecule has 132 valence electrons. The molecule has 1 aromatic rings. The van der Waals surface area contributed by atoms with E-state index in [9.17, 15) is 4.79 Å². The molecule has 2 N–H and O–H groups in total. The summed E-state index contributed by atoms with van der Waals surface area (Å²) in [5.41, 5.74) is 8.43. The molecule has 0 spiro atoms. The second kappa shape index (κ2) is 7.16. The van der Waals surface area contributed by atoms with Crippen LogP contribution in [0.2, 0.25) is 0 Å². The first-order chi connectivity index (χ1) is 11.2. The van der Waals surface area contributed by atoms with Gasteiger partial charge < -0.3 is 20.1 Å². The summed E-state index contributed by atoms with van der Waals surface area (Å²) in [6.07, 6.45) is 2.66. The highest BCUT2D eigenvalue weighted by atomic mass is 16.6. The van der Waals surface area contributed by atoms with Crippen LogP contribution in [-0.4, -0.2) is 35.8 Å². The summed E-state index contributed by atoms with van der Waals surface area (Å²) in [5, 5.41) is 0. The Bertz CT molecular complexity index is 630. The zero-order valence-electron chi connectivity index (χ0n) is 15.3. The van der Waals surface area contributed by atoms with E-state index in [1.165, 1.54) is 5.57 Å². The number of nitrogen functional groups attached to an aromatic ring is 1. The SMILES string of the molecule is CC(C)Oc1cc(C2=CCN(C(=O)OC(C)(C)C)CC2)ccc1N. The highest BCUT2D eigenvalue weighted by Gasteiger charge is 2.24. The number of carbonyl (C=O) groups excluding carboxylic acids is 1. The minimum Gasteiger partial charge on any atom is -0.489 e. The first-order valence-electron chi connectivity index (χ1n) is 8.39. The Kier molecular flexibility index (Phi) is 5.42. The first kappa shape index (κ1) is 18.2. The van der Waals surface area contributed by atoms with E-state index >= 15 is 0 Å². The average Bonchev–Trinajstić information content (AvgIpc) is 2.47. The van der Waals surface area contributed by atoms with E-state index in [4.69, 9.17) is 15.2 Å². The van der Waals surface area contributed by atoms with Crippen LogP contribution in [0.5, 0.6) is 5.75 Å². The number of carbonyl (C=O) groups is 1. The van der Waals surface area contributed by atoms with Gasteiger partial charge in [0.1, 0.15) is 11.4 Å². The number of ether oxygens (including phenoxy) is 2. The fraction of sp³-hybridized carbons (Fsp3) is 0.526. The Hall–Kier alpha value is -2.17. The first-order valence-corrected chi connectivity index (χ1v) is 8.39. The van der Waals surface area contributed by atoms with E-state index < -0.39 is 5.60 Å². The van der Waals surface area contributed by atoms with E-state index in [1.807, 2.05) is 52.8 Å². The molecular formula is C19H28N2O3. The van der Waals surface area contributed by atoms with Crippen LogP contribution in [-0.2, 0) is 4.74 Å². The van der Waals surface area contributed by atoms with Crippen molar-refractivity contribution < 1.29 is 14.3 Å². The molecule has 1 amide bonds. The minimum atomic E-state index is -0.471. The van der Waals surface area contributed by atoms with Gasteiger partial charge in [-0.25, -0.2) is 4.79 Å². The molecule has 0 radical (unpaired) electrons. The summed E-state index contributed by atoms with van der Waals surface area (Å²) >= 11 is 0. The van der Waals surface area contributed by atoms with Gasteiger partial charge in [0.25, 0.3) is 0 Å². The molecule has 0 atom stereocenters. The topological polar surface area (TPSA) is 64.8 Å². The molecular weight excluding hydrogens is 304 g/mol. The molecule has 0 aliphatic carbocycles. The minimum absolute atomic E-state index is 0.0746. The van der Waals surface area contributed by atoms with Crippen molar-refractivity contribution in [1.29, 1.82) is 0 Å². The molecule has 1 heterocycles. The zero-order chi connectivity index (χ0) is 17.9. The Labute approximate surface area is 144 Å². The molecule has 1 aliphatic rings. The Morgan fingerprint density at radius 3 is 2.54 bits per heavy atom. The molecule has 1 aromatic carbocycles. The van der Waals surface area contributed by atoms with Crippen LogP contribution in [0.25, 0.3) is 5.57 Å². The van der Waals surface area contributed by atoms with Crippen LogP contribution >= 0.6 is 0 Å². The van der Waals surface area contributed by atoms with Crippen LogP contribution in [0.1, 0.15) is 46.6 Å². The summed E-state index contributed by atoms with van der Waals surface area (Å²) in [6, 6.07) is 5.84. The lowest BCUT2D eigenvalue weighted by Crippen LogP contribution is -2.39. The largest absolute Gasteiger partial charge is 0.489 e. The number of amides is 1. The number of hydrogen-bond donors (Lipinski definition) is 1. The molecule has 0 unspecified atom stereocenters. The quantitative estimate of drug-likeness (QED) is 0.847. The molecule has 0 saturated carbocycles. The second-order valence-electron chi connectivity index (χ2n) is 7.32. The van der Waals surface area contributed by atoms with Crippen molar-refractivity contribution in [2.75, 3.05) is 18.8 Å². The Morgan fingerprint density at radius 1 is 1.29 bits per heavy atom. The molecule has 0 saturated heterocycles. The Morgan fingerprint density at radius 2 is 2.00 bits per heavy atom. The summed E-state index contributed by atoms with van der Waals surface area (Å²) < 4.78 is 11.2. The van der Waals surface area contributed by atoms with Gasteiger partial charge in [-0.3, -0.25) is 0 Å². The standard InChI is InChI=1S/C19H28N2O3/c1-13(2)23-17-12-15(6-7-16(17)20)14-8-10-21(11-9-14)18(22)24-19(3,4)5/h6-8,12-13H,9-11,20H2,1-5H3. The molecule has 5 heteroatoms. The van der Waals surface area contributed by atoms with E-state index in [0.717, 1.165) is 12.0 Å². The number of hydrogen-bond acceptors (Lipinski definition) is 4. The summed E-state index contributed by atoms with van der Waals surface area (Å²) in [5.74, 6) is 0.706. The highest BCUT2D eigenvalue weighted by molar-refractivity contribution is 5.74. The molecule has 24 heavy (non-hydrogen) atoms. The zero-order valence-corrected chi connectivity index (χ0v) is 15.3. The summed E-state index contributed by atoms with van der Waals surface area (Å²) in [4.78, 5) is 13.8.